The Balaban J connectivity index is 1.83. The topological polar surface area (TPSA) is 181 Å². The van der Waals surface area contributed by atoms with Crippen LogP contribution < -0.4 is 5.32 Å². The van der Waals surface area contributed by atoms with Gasteiger partial charge in [-0.05, 0) is 48.5 Å². The van der Waals surface area contributed by atoms with Crippen LogP contribution in [0.15, 0.2) is 48.9 Å². The summed E-state index contributed by atoms with van der Waals surface area (Å²) in [5.74, 6) is -7.70. The summed E-state index contributed by atoms with van der Waals surface area (Å²) in [5.41, 5.74) is 0.804. The number of ketones is 4. The van der Waals surface area contributed by atoms with Crippen molar-refractivity contribution in [1.29, 1.82) is 0 Å². The summed E-state index contributed by atoms with van der Waals surface area (Å²) in [6.07, 6.45) is 5.48. The molecule has 1 aromatic carbocycles. The van der Waals surface area contributed by atoms with E-state index in [1.54, 1.807) is 35.2 Å². The molecule has 1 aromatic heterocycles. The average molecular weight is 747 g/mol. The molecule has 2 N–H and O–H groups in total. The lowest BCUT2D eigenvalue weighted by molar-refractivity contribution is -0.147. The molecule has 3 rings (SSSR count). The molecule has 1 saturated heterocycles. The van der Waals surface area contributed by atoms with Gasteiger partial charge in [0.15, 0.2) is 17.3 Å². The molecule has 294 valence electrons. The van der Waals surface area contributed by atoms with Crippen molar-refractivity contribution in [3.05, 3.63) is 60.2 Å². The van der Waals surface area contributed by atoms with Crippen LogP contribution in [-0.4, -0.2) is 79.5 Å². The molecule has 12 nitrogen and oxygen atoms in total. The van der Waals surface area contributed by atoms with Crippen LogP contribution in [0.4, 0.5) is 0 Å². The van der Waals surface area contributed by atoms with Crippen molar-refractivity contribution < 1.29 is 38.7 Å². The standard InChI is InChI=1S/C42H58N4O8/c1-8-13-29(39(50)36(49)22-30(42(53)54)20-28-14-11-10-12-15-28)21-35(48)38-31(27(7)9-2)16-19-46(38)41(52)32(25(3)4)23-34(47)37(26(5)6)45-40(51)33-24-43-17-18-44-33/h10-12,14-15,17-18,24-27,29-32,37-38H,8-9,13,16,19-23H2,1-7H3,(H,45,51)(H,53,54)/t27?,29?,30-,31-,32+,37+,38+/m1/s1. The lowest BCUT2D eigenvalue weighted by Gasteiger charge is -2.34. The highest BCUT2D eigenvalue weighted by Crippen LogP contribution is 2.37. The number of Topliss-reactive ketones (excluding diaryl/α,β-unsaturated/α-hetero) is 4. The van der Waals surface area contributed by atoms with Crippen LogP contribution in [0.1, 0.15) is 109 Å². The first-order valence-corrected chi connectivity index (χ1v) is 19.4. The number of rotatable bonds is 22. The van der Waals surface area contributed by atoms with Gasteiger partial charge >= 0.3 is 5.97 Å². The van der Waals surface area contributed by atoms with Gasteiger partial charge in [-0.15, -0.1) is 0 Å². The minimum atomic E-state index is -1.18. The van der Waals surface area contributed by atoms with Crippen LogP contribution in [0.5, 0.6) is 0 Å². The van der Waals surface area contributed by atoms with Gasteiger partial charge in [-0.25, -0.2) is 4.98 Å². The molecule has 2 amide bonds. The van der Waals surface area contributed by atoms with E-state index in [0.717, 1.165) is 12.0 Å². The van der Waals surface area contributed by atoms with Gasteiger partial charge in [-0.3, -0.25) is 38.5 Å². The van der Waals surface area contributed by atoms with Crippen LogP contribution in [-0.2, 0) is 35.2 Å². The van der Waals surface area contributed by atoms with Crippen molar-refractivity contribution in [2.24, 2.45) is 41.4 Å². The predicted molar refractivity (Wildman–Crippen MR) is 203 cm³/mol. The van der Waals surface area contributed by atoms with Gasteiger partial charge in [0.2, 0.25) is 11.7 Å². The third-order valence-corrected chi connectivity index (χ3v) is 10.9. The Morgan fingerprint density at radius 2 is 1.57 bits per heavy atom. The highest BCUT2D eigenvalue weighted by Gasteiger charge is 2.46. The summed E-state index contributed by atoms with van der Waals surface area (Å²) >= 11 is 0. The zero-order chi connectivity index (χ0) is 40.1. The normalized spacial score (nSPS) is 18.4. The molecule has 54 heavy (non-hydrogen) atoms. The van der Waals surface area contributed by atoms with Gasteiger partial charge in [-0.2, -0.15) is 0 Å². The fourth-order valence-electron chi connectivity index (χ4n) is 7.53. The number of nitrogens with one attached hydrogen (secondary N) is 1. The number of hydrogen-bond acceptors (Lipinski definition) is 9. The summed E-state index contributed by atoms with van der Waals surface area (Å²) in [4.78, 5) is 104. The van der Waals surface area contributed by atoms with E-state index >= 15 is 0 Å². The van der Waals surface area contributed by atoms with Gasteiger partial charge in [-0.1, -0.05) is 91.6 Å². The van der Waals surface area contributed by atoms with Gasteiger partial charge < -0.3 is 15.3 Å². The van der Waals surface area contributed by atoms with E-state index in [1.807, 2.05) is 48.5 Å². The molecular formula is C42H58N4O8. The number of nitrogens with zero attached hydrogens (tertiary/aromatic N) is 3. The summed E-state index contributed by atoms with van der Waals surface area (Å²) in [5, 5.41) is 12.6. The Hall–Kier alpha value is -4.61. The molecule has 12 heteroatoms. The van der Waals surface area contributed by atoms with Crippen molar-refractivity contribution in [3.8, 4) is 0 Å². The molecule has 2 aromatic rings. The van der Waals surface area contributed by atoms with Gasteiger partial charge in [0.1, 0.15) is 5.69 Å². The molecule has 0 spiro atoms. The van der Waals surface area contributed by atoms with E-state index in [9.17, 15) is 38.7 Å². The molecule has 7 atom stereocenters. The number of carbonyl (C=O) groups excluding carboxylic acids is 6. The van der Waals surface area contributed by atoms with Crippen LogP contribution in [0.25, 0.3) is 0 Å². The Bertz CT molecular complexity index is 1610. The van der Waals surface area contributed by atoms with Crippen molar-refractivity contribution in [2.75, 3.05) is 6.54 Å². The smallest absolute Gasteiger partial charge is 0.307 e. The van der Waals surface area contributed by atoms with Gasteiger partial charge in [0, 0.05) is 50.0 Å². The summed E-state index contributed by atoms with van der Waals surface area (Å²) in [7, 11) is 0. The maximum Gasteiger partial charge on any atom is 0.307 e. The SMILES string of the molecule is CCCC(CC(=O)[C@@H]1[C@@H](C(C)CC)CCN1C(=O)[C@@H](CC(=O)[C@@H](NC(=O)c1cnccn1)C(C)C)C(C)C)C(=O)C(=O)C[C@@H](Cc1ccccc1)C(=O)O. The molecule has 0 aliphatic carbocycles. The highest BCUT2D eigenvalue weighted by atomic mass is 16.4. The summed E-state index contributed by atoms with van der Waals surface area (Å²) in [6, 6.07) is 7.18. The molecule has 0 bridgehead atoms. The number of carboxylic acid groups (broad SMARTS) is 1. The summed E-state index contributed by atoms with van der Waals surface area (Å²) in [6.45, 7) is 13.5. The largest absolute Gasteiger partial charge is 0.481 e. The second kappa shape index (κ2) is 20.7. The number of amides is 2. The first-order valence-electron chi connectivity index (χ1n) is 19.4. The maximum atomic E-state index is 14.5. The van der Waals surface area contributed by atoms with E-state index < -0.39 is 59.7 Å². The lowest BCUT2D eigenvalue weighted by Crippen LogP contribution is -2.50. The molecule has 0 radical (unpaired) electrons. The van der Waals surface area contributed by atoms with Crippen LogP contribution in [0.2, 0.25) is 0 Å². The Morgan fingerprint density at radius 3 is 2.13 bits per heavy atom. The molecule has 0 saturated carbocycles. The van der Waals surface area contributed by atoms with Crippen molar-refractivity contribution in [1.82, 2.24) is 20.2 Å². The third kappa shape index (κ3) is 11.7. The van der Waals surface area contributed by atoms with Gasteiger partial charge in [0.25, 0.3) is 5.91 Å². The Morgan fingerprint density at radius 1 is 0.889 bits per heavy atom. The van der Waals surface area contributed by atoms with E-state index in [1.165, 1.54) is 18.6 Å². The van der Waals surface area contributed by atoms with Crippen LogP contribution in [0, 0.1) is 41.4 Å². The Labute approximate surface area is 319 Å². The monoisotopic (exact) mass is 746 g/mol. The van der Waals surface area contributed by atoms with E-state index in [4.69, 9.17) is 0 Å². The number of carboxylic acids is 1. The first kappa shape index (κ1) is 43.8. The van der Waals surface area contributed by atoms with Crippen molar-refractivity contribution in [3.63, 3.8) is 0 Å². The first-order chi connectivity index (χ1) is 25.6. The maximum absolute atomic E-state index is 14.5. The number of likely N-dealkylation sites (tertiary alicyclic amines) is 1. The molecule has 1 fully saturated rings. The molecule has 2 unspecified atom stereocenters. The second-order valence-electron chi connectivity index (χ2n) is 15.5. The Kier molecular flexibility index (Phi) is 16.8. The molecule has 1 aliphatic rings. The highest BCUT2D eigenvalue weighted by molar-refractivity contribution is 6.38. The zero-order valence-electron chi connectivity index (χ0n) is 32.8. The fourth-order valence-corrected chi connectivity index (χ4v) is 7.53. The number of aromatic nitrogens is 2. The van der Waals surface area contributed by atoms with E-state index in [2.05, 4.69) is 15.3 Å². The van der Waals surface area contributed by atoms with Gasteiger partial charge in [0.05, 0.1) is 24.2 Å². The number of hydrogen-bond donors (Lipinski definition) is 2. The van der Waals surface area contributed by atoms with Crippen LogP contribution in [0.3, 0.4) is 0 Å². The second-order valence-corrected chi connectivity index (χ2v) is 15.5. The van der Waals surface area contributed by atoms with Crippen molar-refractivity contribution in [2.45, 2.75) is 112 Å². The van der Waals surface area contributed by atoms with Crippen LogP contribution >= 0.6 is 0 Å². The molecule has 1 aliphatic heterocycles. The number of carbonyl (C=O) groups is 7. The number of benzene rings is 1. The average Bonchev–Trinajstić information content (AvgIpc) is 3.60. The zero-order valence-corrected chi connectivity index (χ0v) is 32.8. The minimum Gasteiger partial charge on any atom is -0.481 e. The quantitative estimate of drug-likeness (QED) is 0.145. The van der Waals surface area contributed by atoms with E-state index in [0.29, 0.717) is 19.4 Å². The molecule has 2 heterocycles. The minimum absolute atomic E-state index is 0.0670. The summed E-state index contributed by atoms with van der Waals surface area (Å²) < 4.78 is 0. The molecular weight excluding hydrogens is 688 g/mol. The van der Waals surface area contributed by atoms with E-state index in [-0.39, 0.29) is 72.5 Å². The van der Waals surface area contributed by atoms with Crippen molar-refractivity contribution >= 4 is 40.9 Å². The predicted octanol–water partition coefficient (Wildman–Crippen LogP) is 5.57. The number of aliphatic carboxylic acids is 1. The fraction of sp³-hybridized carbons (Fsp3) is 0.595. The third-order valence-electron chi connectivity index (χ3n) is 10.9. The lowest BCUT2D eigenvalue weighted by atomic mass is 9.79.